The molecular formula is C22H28N2O3S. The Bertz CT molecular complexity index is 789. The molecule has 1 aliphatic rings. The van der Waals surface area contributed by atoms with Crippen LogP contribution in [-0.2, 0) is 4.79 Å². The van der Waals surface area contributed by atoms with Gasteiger partial charge >= 0.3 is 0 Å². The van der Waals surface area contributed by atoms with Crippen molar-refractivity contribution in [2.75, 3.05) is 26.8 Å². The number of methoxy groups -OCH3 is 1. The monoisotopic (exact) mass is 400 g/mol. The molecule has 2 heterocycles. The molecule has 1 saturated heterocycles. The normalized spacial score (nSPS) is 17.1. The quantitative estimate of drug-likeness (QED) is 0.474. The van der Waals surface area contributed by atoms with Crippen molar-refractivity contribution in [1.82, 2.24) is 9.88 Å². The van der Waals surface area contributed by atoms with Gasteiger partial charge in [-0.2, -0.15) is 0 Å². The molecule has 0 N–H and O–H groups in total. The van der Waals surface area contributed by atoms with Crippen LogP contribution in [0.2, 0.25) is 0 Å². The van der Waals surface area contributed by atoms with Gasteiger partial charge in [0.1, 0.15) is 0 Å². The number of hydrogen-bond acceptors (Lipinski definition) is 5. The van der Waals surface area contributed by atoms with Crippen LogP contribution in [0.25, 0.3) is 6.08 Å². The molecule has 0 aliphatic carbocycles. The van der Waals surface area contributed by atoms with Crippen molar-refractivity contribution in [2.24, 2.45) is 0 Å². The number of carbonyl (C=O) groups is 1. The number of nitrogens with zero attached hydrogens (tertiary/aromatic N) is 2. The number of carbonyl (C=O) groups excluding carboxylic acids is 1. The molecule has 5 nitrogen and oxygen atoms in total. The largest absolute Gasteiger partial charge is 0.493 e. The Morgan fingerprint density at radius 2 is 2.29 bits per heavy atom. The number of aromatic nitrogens is 1. The Hall–Kier alpha value is -2.34. The first kappa shape index (κ1) is 20.4. The highest BCUT2D eigenvalue weighted by Gasteiger charge is 2.25. The smallest absolute Gasteiger partial charge is 0.246 e. The molecule has 1 atom stereocenters. The van der Waals surface area contributed by atoms with Crippen LogP contribution in [0, 0.1) is 0 Å². The van der Waals surface area contributed by atoms with Gasteiger partial charge in [-0.05, 0) is 43.0 Å². The van der Waals surface area contributed by atoms with Gasteiger partial charge in [-0.15, -0.1) is 11.3 Å². The fourth-order valence-corrected chi connectivity index (χ4v) is 4.09. The molecule has 1 aromatic carbocycles. The molecule has 0 saturated carbocycles. The summed E-state index contributed by atoms with van der Waals surface area (Å²) in [7, 11) is 1.63. The molecule has 28 heavy (non-hydrogen) atoms. The second-order valence-corrected chi connectivity index (χ2v) is 7.87. The Morgan fingerprint density at radius 1 is 1.39 bits per heavy atom. The minimum atomic E-state index is 0.0449. The standard InChI is InChI=1S/C22H28N2O3S/c1-3-4-13-27-19-9-7-17(15-20(19)26-2)8-10-21(25)24-12-5-6-18(16-24)22-23-11-14-28-22/h7-11,14-15,18H,3-6,12-13,16H2,1-2H3/b10-8+. The third-order valence-electron chi connectivity index (χ3n) is 4.90. The Kier molecular flexibility index (Phi) is 7.48. The van der Waals surface area contributed by atoms with E-state index in [0.717, 1.165) is 55.1 Å². The summed E-state index contributed by atoms with van der Waals surface area (Å²) in [6, 6.07) is 5.75. The first-order valence-electron chi connectivity index (χ1n) is 9.88. The average Bonchev–Trinajstić information content (AvgIpc) is 3.28. The van der Waals surface area contributed by atoms with Gasteiger partial charge in [0.15, 0.2) is 11.5 Å². The molecule has 2 aromatic rings. The summed E-state index contributed by atoms with van der Waals surface area (Å²) >= 11 is 1.67. The van der Waals surface area contributed by atoms with Gasteiger partial charge in [0.05, 0.1) is 18.7 Å². The van der Waals surface area contributed by atoms with Crippen molar-refractivity contribution < 1.29 is 14.3 Å². The van der Waals surface area contributed by atoms with Crippen molar-refractivity contribution in [2.45, 2.75) is 38.5 Å². The Morgan fingerprint density at radius 3 is 3.04 bits per heavy atom. The fourth-order valence-electron chi connectivity index (χ4n) is 3.32. The highest BCUT2D eigenvalue weighted by atomic mass is 32.1. The number of hydrogen-bond donors (Lipinski definition) is 0. The summed E-state index contributed by atoms with van der Waals surface area (Å²) in [6.45, 7) is 4.35. The van der Waals surface area contributed by atoms with Crippen LogP contribution >= 0.6 is 11.3 Å². The highest BCUT2D eigenvalue weighted by molar-refractivity contribution is 7.09. The van der Waals surface area contributed by atoms with Gasteiger partial charge in [0, 0.05) is 36.7 Å². The molecule has 0 radical (unpaired) electrons. The van der Waals surface area contributed by atoms with E-state index in [1.165, 1.54) is 0 Å². The molecule has 1 unspecified atom stereocenters. The van der Waals surface area contributed by atoms with E-state index < -0.39 is 0 Å². The van der Waals surface area contributed by atoms with Crippen LogP contribution in [0.4, 0.5) is 0 Å². The van der Waals surface area contributed by atoms with E-state index in [1.54, 1.807) is 24.5 Å². The van der Waals surface area contributed by atoms with E-state index in [-0.39, 0.29) is 5.91 Å². The molecule has 1 aliphatic heterocycles. The lowest BCUT2D eigenvalue weighted by Crippen LogP contribution is -2.38. The number of benzene rings is 1. The van der Waals surface area contributed by atoms with Crippen LogP contribution in [0.5, 0.6) is 11.5 Å². The Labute approximate surface area is 171 Å². The van der Waals surface area contributed by atoms with Crippen molar-refractivity contribution >= 4 is 23.3 Å². The van der Waals surface area contributed by atoms with Crippen LogP contribution < -0.4 is 9.47 Å². The number of ether oxygens (including phenoxy) is 2. The second-order valence-electron chi connectivity index (χ2n) is 6.94. The number of likely N-dealkylation sites (tertiary alicyclic amines) is 1. The van der Waals surface area contributed by atoms with E-state index >= 15 is 0 Å². The van der Waals surface area contributed by atoms with E-state index in [4.69, 9.17) is 9.47 Å². The molecule has 150 valence electrons. The number of amides is 1. The lowest BCUT2D eigenvalue weighted by atomic mass is 9.98. The zero-order valence-corrected chi connectivity index (χ0v) is 17.4. The topological polar surface area (TPSA) is 51.7 Å². The van der Waals surface area contributed by atoms with Crippen molar-refractivity contribution in [3.05, 3.63) is 46.4 Å². The van der Waals surface area contributed by atoms with E-state index in [1.807, 2.05) is 40.8 Å². The van der Waals surface area contributed by atoms with Crippen molar-refractivity contribution in [3.8, 4) is 11.5 Å². The van der Waals surface area contributed by atoms with Crippen LogP contribution in [0.3, 0.4) is 0 Å². The predicted molar refractivity (Wildman–Crippen MR) is 113 cm³/mol. The summed E-state index contributed by atoms with van der Waals surface area (Å²) in [5, 5.41) is 3.13. The van der Waals surface area contributed by atoms with Gasteiger partial charge in [0.25, 0.3) is 0 Å². The third kappa shape index (κ3) is 5.35. The molecule has 3 rings (SSSR count). The maximum absolute atomic E-state index is 12.6. The van der Waals surface area contributed by atoms with Crippen molar-refractivity contribution in [1.29, 1.82) is 0 Å². The molecule has 1 aromatic heterocycles. The number of piperidine rings is 1. The summed E-state index contributed by atoms with van der Waals surface area (Å²) in [6.07, 6.45) is 9.54. The van der Waals surface area contributed by atoms with Gasteiger partial charge < -0.3 is 14.4 Å². The van der Waals surface area contributed by atoms with Gasteiger partial charge in [-0.3, -0.25) is 4.79 Å². The first-order valence-corrected chi connectivity index (χ1v) is 10.8. The minimum Gasteiger partial charge on any atom is -0.493 e. The average molecular weight is 401 g/mol. The summed E-state index contributed by atoms with van der Waals surface area (Å²) in [5.41, 5.74) is 0.918. The maximum Gasteiger partial charge on any atom is 0.246 e. The molecule has 1 amide bonds. The van der Waals surface area contributed by atoms with Crippen LogP contribution in [0.1, 0.15) is 49.1 Å². The van der Waals surface area contributed by atoms with Gasteiger partial charge in [-0.25, -0.2) is 4.98 Å². The van der Waals surface area contributed by atoms with Crippen LogP contribution in [-0.4, -0.2) is 42.6 Å². The third-order valence-corrected chi connectivity index (χ3v) is 5.83. The molecule has 0 bridgehead atoms. The summed E-state index contributed by atoms with van der Waals surface area (Å²) in [4.78, 5) is 19.0. The number of thiazole rings is 1. The SMILES string of the molecule is CCCCOc1ccc(/C=C/C(=O)N2CCCC(c3nccs3)C2)cc1OC. The first-order chi connectivity index (χ1) is 13.7. The Balaban J connectivity index is 1.61. The van der Waals surface area contributed by atoms with Gasteiger partial charge in [0.2, 0.25) is 5.91 Å². The van der Waals surface area contributed by atoms with Gasteiger partial charge in [-0.1, -0.05) is 19.4 Å². The predicted octanol–water partition coefficient (Wildman–Crippen LogP) is 4.75. The van der Waals surface area contributed by atoms with Crippen LogP contribution in [0.15, 0.2) is 35.9 Å². The van der Waals surface area contributed by atoms with E-state index in [0.29, 0.717) is 18.3 Å². The summed E-state index contributed by atoms with van der Waals surface area (Å²) < 4.78 is 11.2. The minimum absolute atomic E-state index is 0.0449. The molecule has 6 heteroatoms. The second kappa shape index (κ2) is 10.3. The zero-order valence-electron chi connectivity index (χ0n) is 16.6. The zero-order chi connectivity index (χ0) is 19.8. The fraction of sp³-hybridized carbons (Fsp3) is 0.455. The lowest BCUT2D eigenvalue weighted by molar-refractivity contribution is -0.127. The molecular weight excluding hydrogens is 372 g/mol. The lowest BCUT2D eigenvalue weighted by Gasteiger charge is -2.31. The highest BCUT2D eigenvalue weighted by Crippen LogP contribution is 2.30. The molecule has 0 spiro atoms. The molecule has 1 fully saturated rings. The van der Waals surface area contributed by atoms with E-state index in [2.05, 4.69) is 11.9 Å². The summed E-state index contributed by atoms with van der Waals surface area (Å²) in [5.74, 6) is 1.82. The van der Waals surface area contributed by atoms with Crippen molar-refractivity contribution in [3.63, 3.8) is 0 Å². The maximum atomic E-state index is 12.6. The number of rotatable bonds is 8. The number of unbranched alkanes of at least 4 members (excludes halogenated alkanes) is 1. The van der Waals surface area contributed by atoms with E-state index in [9.17, 15) is 4.79 Å².